The molecule has 0 atom stereocenters. The Hall–Kier alpha value is -2.38. The van der Waals surface area contributed by atoms with E-state index in [-0.39, 0.29) is 29.3 Å². The molecule has 3 rings (SSSR count). The van der Waals surface area contributed by atoms with E-state index in [1.807, 2.05) is 6.92 Å². The Bertz CT molecular complexity index is 786. The monoisotopic (exact) mass is 319 g/mol. The number of carbonyl (C=O) groups excluding carboxylic acids is 1. The van der Waals surface area contributed by atoms with E-state index < -0.39 is 0 Å². The van der Waals surface area contributed by atoms with Crippen molar-refractivity contribution in [1.29, 1.82) is 0 Å². The number of fused-ring (bicyclic) bond motifs is 1. The molecule has 0 aromatic carbocycles. The SMILES string of the molecule is CCc1nc([C@H]2CC[C@H](C(=O)OC)CC2)n2nc(N)[nH]c(=O)c12. The van der Waals surface area contributed by atoms with E-state index >= 15 is 0 Å². The second-order valence-electron chi connectivity index (χ2n) is 5.94. The molecule has 2 aromatic heterocycles. The number of aryl methyl sites for hydroxylation is 1. The number of methoxy groups -OCH3 is 1. The number of hydrogen-bond acceptors (Lipinski definition) is 6. The summed E-state index contributed by atoms with van der Waals surface area (Å²) in [7, 11) is 1.42. The lowest BCUT2D eigenvalue weighted by molar-refractivity contribution is -0.146. The zero-order valence-corrected chi connectivity index (χ0v) is 13.3. The molecule has 0 bridgehead atoms. The predicted octanol–water partition coefficient (Wildman–Crippen LogP) is 1.01. The Morgan fingerprint density at radius 3 is 2.70 bits per heavy atom. The van der Waals surface area contributed by atoms with Gasteiger partial charge in [-0.05, 0) is 32.1 Å². The molecule has 1 aliphatic carbocycles. The fourth-order valence-corrected chi connectivity index (χ4v) is 3.38. The van der Waals surface area contributed by atoms with Gasteiger partial charge in [0.15, 0.2) is 5.52 Å². The first-order chi connectivity index (χ1) is 11.0. The van der Waals surface area contributed by atoms with Gasteiger partial charge in [0.2, 0.25) is 5.95 Å². The van der Waals surface area contributed by atoms with Crippen LogP contribution in [0, 0.1) is 5.92 Å². The molecule has 0 saturated heterocycles. The van der Waals surface area contributed by atoms with Crippen LogP contribution in [0.1, 0.15) is 50.0 Å². The van der Waals surface area contributed by atoms with Gasteiger partial charge in [-0.15, -0.1) is 5.10 Å². The second-order valence-corrected chi connectivity index (χ2v) is 5.94. The van der Waals surface area contributed by atoms with Gasteiger partial charge in [0.1, 0.15) is 5.82 Å². The number of anilines is 1. The van der Waals surface area contributed by atoms with Crippen molar-refractivity contribution in [2.75, 3.05) is 12.8 Å². The standard InChI is InChI=1S/C15H21N5O3/c1-3-10-11-13(21)18-15(16)19-20(11)12(17-10)8-4-6-9(7-5-8)14(22)23-2/h8-9H,3-7H2,1-2H3,(H3,16,18,19,21)/t8-,9-. The maximum atomic E-state index is 12.2. The second kappa shape index (κ2) is 6.02. The maximum Gasteiger partial charge on any atom is 0.308 e. The van der Waals surface area contributed by atoms with Crippen molar-refractivity contribution in [3.63, 3.8) is 0 Å². The van der Waals surface area contributed by atoms with Crippen LogP contribution in [0.3, 0.4) is 0 Å². The third-order valence-electron chi connectivity index (χ3n) is 4.58. The minimum absolute atomic E-state index is 0.0467. The summed E-state index contributed by atoms with van der Waals surface area (Å²) in [6.07, 6.45) is 3.79. The molecule has 0 radical (unpaired) electrons. The van der Waals surface area contributed by atoms with Gasteiger partial charge in [-0.1, -0.05) is 6.92 Å². The first-order valence-electron chi connectivity index (χ1n) is 7.90. The zero-order chi connectivity index (χ0) is 16.6. The molecular weight excluding hydrogens is 298 g/mol. The van der Waals surface area contributed by atoms with E-state index in [1.54, 1.807) is 4.52 Å². The number of nitrogens with one attached hydrogen (secondary N) is 1. The van der Waals surface area contributed by atoms with Gasteiger partial charge in [-0.2, -0.15) is 0 Å². The molecule has 0 amide bonds. The van der Waals surface area contributed by atoms with Crippen molar-refractivity contribution >= 4 is 17.4 Å². The smallest absolute Gasteiger partial charge is 0.308 e. The molecule has 0 spiro atoms. The molecule has 8 heteroatoms. The fraction of sp³-hybridized carbons (Fsp3) is 0.600. The highest BCUT2D eigenvalue weighted by atomic mass is 16.5. The first kappa shape index (κ1) is 15.5. The lowest BCUT2D eigenvalue weighted by Crippen LogP contribution is -2.24. The average molecular weight is 319 g/mol. The fourth-order valence-electron chi connectivity index (χ4n) is 3.38. The van der Waals surface area contributed by atoms with Crippen molar-refractivity contribution in [2.45, 2.75) is 44.9 Å². The normalized spacial score (nSPS) is 21.5. The van der Waals surface area contributed by atoms with Gasteiger partial charge in [0.25, 0.3) is 5.56 Å². The number of nitrogens with zero attached hydrogens (tertiary/aromatic N) is 3. The molecule has 2 aromatic rings. The largest absolute Gasteiger partial charge is 0.469 e. The van der Waals surface area contributed by atoms with E-state index in [9.17, 15) is 9.59 Å². The molecule has 1 saturated carbocycles. The Kier molecular flexibility index (Phi) is 4.06. The summed E-state index contributed by atoms with van der Waals surface area (Å²) < 4.78 is 6.40. The highest BCUT2D eigenvalue weighted by Crippen LogP contribution is 2.36. The minimum atomic E-state index is -0.267. The number of nitrogen functional groups attached to an aromatic ring is 1. The number of H-pyrrole nitrogens is 1. The predicted molar refractivity (Wildman–Crippen MR) is 84.1 cm³/mol. The maximum absolute atomic E-state index is 12.2. The average Bonchev–Trinajstić information content (AvgIpc) is 2.93. The highest BCUT2D eigenvalue weighted by molar-refractivity contribution is 5.72. The van der Waals surface area contributed by atoms with Crippen molar-refractivity contribution in [3.8, 4) is 0 Å². The number of rotatable bonds is 3. The zero-order valence-electron chi connectivity index (χ0n) is 13.3. The number of carbonyl (C=O) groups is 1. The number of esters is 1. The number of hydrogen-bond donors (Lipinski definition) is 2. The van der Waals surface area contributed by atoms with Gasteiger partial charge < -0.3 is 10.5 Å². The van der Waals surface area contributed by atoms with Crippen LogP contribution in [0.15, 0.2) is 4.79 Å². The number of aromatic nitrogens is 4. The van der Waals surface area contributed by atoms with Crippen LogP contribution in [0.25, 0.3) is 5.52 Å². The van der Waals surface area contributed by atoms with Crippen LogP contribution in [-0.4, -0.2) is 32.7 Å². The van der Waals surface area contributed by atoms with Crippen LogP contribution < -0.4 is 11.3 Å². The van der Waals surface area contributed by atoms with Crippen molar-refractivity contribution in [3.05, 3.63) is 21.9 Å². The Labute approximate surface area is 133 Å². The van der Waals surface area contributed by atoms with Gasteiger partial charge in [-0.3, -0.25) is 14.6 Å². The summed E-state index contributed by atoms with van der Waals surface area (Å²) in [4.78, 5) is 31.0. The third-order valence-corrected chi connectivity index (χ3v) is 4.58. The van der Waals surface area contributed by atoms with E-state index in [4.69, 9.17) is 10.5 Å². The molecule has 124 valence electrons. The van der Waals surface area contributed by atoms with Crippen molar-refractivity contribution < 1.29 is 9.53 Å². The van der Waals surface area contributed by atoms with Crippen LogP contribution >= 0.6 is 0 Å². The molecule has 0 aliphatic heterocycles. The summed E-state index contributed by atoms with van der Waals surface area (Å²) in [5.74, 6) is 0.807. The van der Waals surface area contributed by atoms with Crippen molar-refractivity contribution in [2.24, 2.45) is 5.92 Å². The molecule has 0 unspecified atom stereocenters. The summed E-state index contributed by atoms with van der Waals surface area (Å²) in [5, 5.41) is 4.24. The molecule has 2 heterocycles. The van der Waals surface area contributed by atoms with E-state index in [2.05, 4.69) is 15.1 Å². The lowest BCUT2D eigenvalue weighted by atomic mass is 9.81. The molecule has 1 fully saturated rings. The van der Waals surface area contributed by atoms with Crippen LogP contribution in [0.5, 0.6) is 0 Å². The molecule has 3 N–H and O–H groups in total. The Morgan fingerprint density at radius 2 is 2.09 bits per heavy atom. The molecular formula is C15H21N5O3. The first-order valence-corrected chi connectivity index (χ1v) is 7.90. The van der Waals surface area contributed by atoms with E-state index in [0.29, 0.717) is 11.9 Å². The van der Waals surface area contributed by atoms with E-state index in [0.717, 1.165) is 37.2 Å². The number of ether oxygens (including phenoxy) is 1. The van der Waals surface area contributed by atoms with Crippen LogP contribution in [0.4, 0.5) is 5.95 Å². The highest BCUT2D eigenvalue weighted by Gasteiger charge is 2.31. The number of aromatic amines is 1. The topological polar surface area (TPSA) is 115 Å². The quantitative estimate of drug-likeness (QED) is 0.816. The van der Waals surface area contributed by atoms with Crippen molar-refractivity contribution in [1.82, 2.24) is 19.6 Å². The third kappa shape index (κ3) is 2.69. The van der Waals surface area contributed by atoms with Gasteiger partial charge in [0.05, 0.1) is 18.7 Å². The van der Waals surface area contributed by atoms with E-state index in [1.165, 1.54) is 7.11 Å². The summed E-state index contributed by atoms with van der Waals surface area (Å²) >= 11 is 0. The summed E-state index contributed by atoms with van der Waals surface area (Å²) in [6, 6.07) is 0. The van der Waals surface area contributed by atoms with Gasteiger partial charge >= 0.3 is 5.97 Å². The Balaban J connectivity index is 1.95. The van der Waals surface area contributed by atoms with Gasteiger partial charge in [-0.25, -0.2) is 9.50 Å². The molecule has 8 nitrogen and oxygen atoms in total. The Morgan fingerprint density at radius 1 is 1.39 bits per heavy atom. The van der Waals surface area contributed by atoms with Crippen LogP contribution in [0.2, 0.25) is 0 Å². The minimum Gasteiger partial charge on any atom is -0.469 e. The summed E-state index contributed by atoms with van der Waals surface area (Å²) in [5.41, 5.74) is 6.60. The van der Waals surface area contributed by atoms with Crippen LogP contribution in [-0.2, 0) is 16.0 Å². The summed E-state index contributed by atoms with van der Waals surface area (Å²) in [6.45, 7) is 1.95. The lowest BCUT2D eigenvalue weighted by Gasteiger charge is -2.25. The molecule has 23 heavy (non-hydrogen) atoms. The molecule has 1 aliphatic rings. The van der Waals surface area contributed by atoms with Gasteiger partial charge in [0, 0.05) is 5.92 Å². The number of imidazole rings is 1. The number of nitrogens with two attached hydrogens (primary N) is 1.